The number of imidazole rings is 1. The van der Waals surface area contributed by atoms with Gasteiger partial charge in [-0.05, 0) is 18.2 Å². The van der Waals surface area contributed by atoms with E-state index in [-0.39, 0.29) is 6.01 Å². The van der Waals surface area contributed by atoms with Crippen LogP contribution in [0, 0.1) is 0 Å². The molecule has 2 heterocycles. The van der Waals surface area contributed by atoms with Crippen molar-refractivity contribution in [2.75, 3.05) is 0 Å². The summed E-state index contributed by atoms with van der Waals surface area (Å²) in [6, 6.07) is 12.3. The van der Waals surface area contributed by atoms with Crippen LogP contribution in [0.4, 0.5) is 0 Å². The lowest BCUT2D eigenvalue weighted by Gasteiger charge is -1.92. The van der Waals surface area contributed by atoms with E-state index in [4.69, 9.17) is 0 Å². The minimum Gasteiger partial charge on any atom is -0.480 e. The first kappa shape index (κ1) is 9.01. The van der Waals surface area contributed by atoms with Crippen LogP contribution in [0.3, 0.4) is 0 Å². The van der Waals surface area contributed by atoms with Crippen molar-refractivity contribution in [2.24, 2.45) is 0 Å². The van der Waals surface area contributed by atoms with E-state index < -0.39 is 0 Å². The second-order valence-electron chi connectivity index (χ2n) is 3.99. The van der Waals surface area contributed by atoms with E-state index in [1.807, 2.05) is 18.2 Å². The average Bonchev–Trinajstić information content (AvgIpc) is 2.87. The summed E-state index contributed by atoms with van der Waals surface area (Å²) in [6.07, 6.45) is 0. The molecule has 2 aromatic carbocycles. The first-order chi connectivity index (χ1) is 8.33. The van der Waals surface area contributed by atoms with Crippen molar-refractivity contribution >= 4 is 42.5 Å². The average molecular weight is 240 g/mol. The zero-order valence-electron chi connectivity index (χ0n) is 8.77. The summed E-state index contributed by atoms with van der Waals surface area (Å²) in [5, 5.41) is 11.8. The first-order valence-corrected chi connectivity index (χ1v) is 6.13. The molecule has 0 aliphatic heterocycles. The first-order valence-electron chi connectivity index (χ1n) is 5.32. The lowest BCUT2D eigenvalue weighted by Crippen LogP contribution is -1.71. The molecule has 0 bridgehead atoms. The van der Waals surface area contributed by atoms with Crippen molar-refractivity contribution in [3.8, 4) is 6.01 Å². The molecule has 0 saturated carbocycles. The fourth-order valence-corrected chi connectivity index (χ4v) is 3.38. The molecule has 0 atom stereocenters. The molecule has 2 N–H and O–H groups in total. The summed E-state index contributed by atoms with van der Waals surface area (Å²) in [4.78, 5) is 7.02. The number of nitrogens with zero attached hydrogens (tertiary/aromatic N) is 1. The Hall–Kier alpha value is -2.07. The number of hydrogen-bond acceptors (Lipinski definition) is 3. The van der Waals surface area contributed by atoms with Crippen LogP contribution in [0.2, 0.25) is 0 Å². The molecule has 3 nitrogen and oxygen atoms in total. The van der Waals surface area contributed by atoms with Crippen LogP contribution in [-0.4, -0.2) is 15.1 Å². The van der Waals surface area contributed by atoms with E-state index in [1.165, 1.54) is 14.8 Å². The highest BCUT2D eigenvalue weighted by Gasteiger charge is 2.11. The van der Waals surface area contributed by atoms with Gasteiger partial charge in [0.15, 0.2) is 0 Å². The highest BCUT2D eigenvalue weighted by atomic mass is 32.1. The summed E-state index contributed by atoms with van der Waals surface area (Å²) in [7, 11) is 0. The number of rotatable bonds is 0. The SMILES string of the molecule is Oc1nc2c(ccc3sc4ccccc4c32)[nH]1. The highest BCUT2D eigenvalue weighted by molar-refractivity contribution is 7.26. The van der Waals surface area contributed by atoms with Crippen molar-refractivity contribution in [2.45, 2.75) is 0 Å². The second kappa shape index (κ2) is 2.99. The van der Waals surface area contributed by atoms with Crippen LogP contribution in [0.1, 0.15) is 0 Å². The Balaban J connectivity index is 2.37. The minimum atomic E-state index is -0.0252. The van der Waals surface area contributed by atoms with Gasteiger partial charge in [0.05, 0.1) is 5.52 Å². The van der Waals surface area contributed by atoms with E-state index in [0.29, 0.717) is 0 Å². The Labute approximate surface area is 100 Å². The van der Waals surface area contributed by atoms with Gasteiger partial charge in [0.2, 0.25) is 0 Å². The van der Waals surface area contributed by atoms with Crippen LogP contribution in [0.5, 0.6) is 6.01 Å². The lowest BCUT2D eigenvalue weighted by molar-refractivity contribution is 0.438. The smallest absolute Gasteiger partial charge is 0.292 e. The molecule has 2 aromatic heterocycles. The Morgan fingerprint density at radius 1 is 1.06 bits per heavy atom. The van der Waals surface area contributed by atoms with Gasteiger partial charge in [-0.1, -0.05) is 18.2 Å². The van der Waals surface area contributed by atoms with Crippen LogP contribution in [0.25, 0.3) is 31.2 Å². The Kier molecular flexibility index (Phi) is 1.58. The van der Waals surface area contributed by atoms with Gasteiger partial charge in [0.1, 0.15) is 5.52 Å². The molecule has 0 spiro atoms. The fraction of sp³-hybridized carbons (Fsp3) is 0. The lowest BCUT2D eigenvalue weighted by atomic mass is 10.1. The maximum Gasteiger partial charge on any atom is 0.292 e. The number of aromatic hydroxyl groups is 1. The highest BCUT2D eigenvalue weighted by Crippen LogP contribution is 2.37. The van der Waals surface area contributed by atoms with Crippen LogP contribution in [-0.2, 0) is 0 Å². The molecule has 82 valence electrons. The molecule has 4 heteroatoms. The maximum absolute atomic E-state index is 9.46. The van der Waals surface area contributed by atoms with Crippen molar-refractivity contribution in [3.05, 3.63) is 36.4 Å². The monoisotopic (exact) mass is 240 g/mol. The molecule has 0 fully saturated rings. The second-order valence-corrected chi connectivity index (χ2v) is 5.08. The zero-order chi connectivity index (χ0) is 11.4. The number of aromatic amines is 1. The number of nitrogens with one attached hydrogen (secondary N) is 1. The topological polar surface area (TPSA) is 48.9 Å². The van der Waals surface area contributed by atoms with Crippen molar-refractivity contribution in [1.29, 1.82) is 0 Å². The summed E-state index contributed by atoms with van der Waals surface area (Å²) in [5.41, 5.74) is 1.72. The normalized spacial score (nSPS) is 11.8. The zero-order valence-corrected chi connectivity index (χ0v) is 9.58. The summed E-state index contributed by atoms with van der Waals surface area (Å²) in [5.74, 6) is 0. The molecular weight excluding hydrogens is 232 g/mol. The van der Waals surface area contributed by atoms with Crippen molar-refractivity contribution < 1.29 is 5.11 Å². The van der Waals surface area contributed by atoms with Gasteiger partial charge in [0, 0.05) is 20.2 Å². The van der Waals surface area contributed by atoms with Crippen LogP contribution >= 0.6 is 11.3 Å². The molecule has 0 unspecified atom stereocenters. The molecule has 0 aliphatic rings. The summed E-state index contributed by atoms with van der Waals surface area (Å²) < 4.78 is 2.45. The van der Waals surface area contributed by atoms with E-state index in [1.54, 1.807) is 11.3 Å². The maximum atomic E-state index is 9.46. The number of fused-ring (bicyclic) bond motifs is 5. The molecule has 4 rings (SSSR count). The summed E-state index contributed by atoms with van der Waals surface area (Å²) >= 11 is 1.75. The quantitative estimate of drug-likeness (QED) is 0.493. The van der Waals surface area contributed by atoms with Gasteiger partial charge in [0.25, 0.3) is 6.01 Å². The number of hydrogen-bond donors (Lipinski definition) is 2. The van der Waals surface area contributed by atoms with Crippen molar-refractivity contribution in [3.63, 3.8) is 0 Å². The van der Waals surface area contributed by atoms with Crippen molar-refractivity contribution in [1.82, 2.24) is 9.97 Å². The number of thiophene rings is 1. The molecule has 4 aromatic rings. The van der Waals surface area contributed by atoms with Crippen LogP contribution in [0.15, 0.2) is 36.4 Å². The third-order valence-electron chi connectivity index (χ3n) is 2.98. The van der Waals surface area contributed by atoms with E-state index in [9.17, 15) is 5.11 Å². The standard InChI is InChI=1S/C13H8N2OS/c16-13-14-8-5-6-10-11(12(8)15-13)7-3-1-2-4-9(7)17-10/h1-6H,(H2,14,15,16). The number of H-pyrrole nitrogens is 1. The largest absolute Gasteiger partial charge is 0.480 e. The minimum absolute atomic E-state index is 0.0252. The van der Waals surface area contributed by atoms with E-state index in [0.717, 1.165) is 16.4 Å². The number of aromatic nitrogens is 2. The fourth-order valence-electron chi connectivity index (χ4n) is 2.27. The van der Waals surface area contributed by atoms with Gasteiger partial charge in [-0.15, -0.1) is 11.3 Å². The van der Waals surface area contributed by atoms with E-state index in [2.05, 4.69) is 28.2 Å². The molecular formula is C13H8N2OS. The number of benzene rings is 2. The summed E-state index contributed by atoms with van der Waals surface area (Å²) in [6.45, 7) is 0. The third kappa shape index (κ3) is 1.13. The van der Waals surface area contributed by atoms with Gasteiger partial charge in [-0.2, -0.15) is 4.98 Å². The Bertz CT molecular complexity index is 860. The van der Waals surface area contributed by atoms with Crippen LogP contribution < -0.4 is 0 Å². The molecule has 0 amide bonds. The van der Waals surface area contributed by atoms with Gasteiger partial charge < -0.3 is 10.1 Å². The van der Waals surface area contributed by atoms with Gasteiger partial charge >= 0.3 is 0 Å². The molecule has 17 heavy (non-hydrogen) atoms. The molecule has 0 radical (unpaired) electrons. The van der Waals surface area contributed by atoms with Gasteiger partial charge in [-0.3, -0.25) is 0 Å². The van der Waals surface area contributed by atoms with E-state index >= 15 is 0 Å². The Morgan fingerprint density at radius 3 is 2.88 bits per heavy atom. The third-order valence-corrected chi connectivity index (χ3v) is 4.12. The van der Waals surface area contributed by atoms with Gasteiger partial charge in [-0.25, -0.2) is 0 Å². The predicted molar refractivity (Wildman–Crippen MR) is 70.6 cm³/mol. The predicted octanol–water partition coefficient (Wildman–Crippen LogP) is 3.64. The Morgan fingerprint density at radius 2 is 1.94 bits per heavy atom. The molecule has 0 aliphatic carbocycles. The molecule has 0 saturated heterocycles.